The van der Waals surface area contributed by atoms with Crippen LogP contribution in [0.25, 0.3) is 0 Å². The molecule has 0 aliphatic heterocycles. The fourth-order valence-corrected chi connectivity index (χ4v) is 2.83. The van der Waals surface area contributed by atoms with Crippen molar-refractivity contribution in [3.63, 3.8) is 0 Å². The molecule has 0 radical (unpaired) electrons. The predicted octanol–water partition coefficient (Wildman–Crippen LogP) is 2.42. The highest BCUT2D eigenvalue weighted by Gasteiger charge is 2.19. The number of rotatable bonds is 5. The van der Waals surface area contributed by atoms with E-state index in [1.165, 1.54) is 0 Å². The largest absolute Gasteiger partial charge is 0.482 e. The molecule has 0 spiro atoms. The summed E-state index contributed by atoms with van der Waals surface area (Å²) in [7, 11) is 0.892. The van der Waals surface area contributed by atoms with Gasteiger partial charge in [0.1, 0.15) is 16.5 Å². The molecule has 0 heterocycles. The Morgan fingerprint density at radius 3 is 2.60 bits per heavy atom. The van der Waals surface area contributed by atoms with Gasteiger partial charge in [0.15, 0.2) is 6.61 Å². The molecule has 9 heteroatoms. The summed E-state index contributed by atoms with van der Waals surface area (Å²) < 4.78 is 41.1. The van der Waals surface area contributed by atoms with Crippen LogP contribution in [0.3, 0.4) is 0 Å². The van der Waals surface area contributed by atoms with Crippen LogP contribution in [0.1, 0.15) is 13.8 Å². The van der Waals surface area contributed by atoms with E-state index in [0.29, 0.717) is 0 Å². The zero-order chi connectivity index (χ0) is 15.5. The van der Waals surface area contributed by atoms with Crippen molar-refractivity contribution in [1.82, 2.24) is 5.32 Å². The molecule has 1 amide bonds. The average Bonchev–Trinajstić information content (AvgIpc) is 2.27. The lowest BCUT2D eigenvalue weighted by Gasteiger charge is -2.11. The van der Waals surface area contributed by atoms with Crippen LogP contribution in [0.5, 0.6) is 5.75 Å². The number of carbonyl (C=O) groups is 1. The molecule has 1 aromatic rings. The first-order valence-corrected chi connectivity index (χ1v) is 8.57. The Kier molecular flexibility index (Phi) is 5.79. The number of hydrogen-bond donors (Lipinski definition) is 1. The highest BCUT2D eigenvalue weighted by molar-refractivity contribution is 9.10. The van der Waals surface area contributed by atoms with Gasteiger partial charge >= 0.3 is 0 Å². The van der Waals surface area contributed by atoms with Crippen molar-refractivity contribution in [1.29, 1.82) is 0 Å². The van der Waals surface area contributed by atoms with E-state index in [4.69, 9.17) is 15.4 Å². The van der Waals surface area contributed by atoms with Crippen LogP contribution in [0.4, 0.5) is 4.39 Å². The van der Waals surface area contributed by atoms with Gasteiger partial charge in [-0.2, -0.15) is 0 Å². The van der Waals surface area contributed by atoms with E-state index in [1.54, 1.807) is 13.8 Å². The Bertz CT molecular complexity index is 621. The van der Waals surface area contributed by atoms with Gasteiger partial charge in [0.2, 0.25) is 0 Å². The minimum atomic E-state index is -4.19. The van der Waals surface area contributed by atoms with Crippen LogP contribution in [-0.2, 0) is 13.8 Å². The summed E-state index contributed by atoms with van der Waals surface area (Å²) in [4.78, 5) is 10.7. The Morgan fingerprint density at radius 1 is 1.50 bits per heavy atom. The number of hydrogen-bond acceptors (Lipinski definition) is 4. The third-order valence-electron chi connectivity index (χ3n) is 2.06. The first-order valence-electron chi connectivity index (χ1n) is 5.47. The molecule has 0 aliphatic carbocycles. The standard InChI is InChI=1S/C11H12BrClFNO4S/c1-6(2)15-11(16)5-19-9-4-8(14)10(3-7(9)12)20(13,17)18/h3-4,6H,5H2,1-2H3,(H,15,16). The fraction of sp³-hybridized carbons (Fsp3) is 0.364. The van der Waals surface area contributed by atoms with E-state index in [1.807, 2.05) is 0 Å². The molecule has 0 fully saturated rings. The van der Waals surface area contributed by atoms with E-state index in [9.17, 15) is 17.6 Å². The summed E-state index contributed by atoms with van der Waals surface area (Å²) >= 11 is 3.03. The number of ether oxygens (including phenoxy) is 1. The van der Waals surface area contributed by atoms with Crippen molar-refractivity contribution in [2.24, 2.45) is 0 Å². The molecule has 0 aromatic heterocycles. The molecule has 1 rings (SSSR count). The molecule has 20 heavy (non-hydrogen) atoms. The van der Waals surface area contributed by atoms with Gasteiger partial charge in [0, 0.05) is 22.8 Å². The van der Waals surface area contributed by atoms with Crippen LogP contribution in [0, 0.1) is 5.82 Å². The molecule has 1 N–H and O–H groups in total. The van der Waals surface area contributed by atoms with Crippen molar-refractivity contribution in [2.45, 2.75) is 24.8 Å². The van der Waals surface area contributed by atoms with Crippen molar-refractivity contribution < 1.29 is 22.3 Å². The molecule has 0 aliphatic rings. The van der Waals surface area contributed by atoms with Gasteiger partial charge < -0.3 is 10.1 Å². The lowest BCUT2D eigenvalue weighted by Crippen LogP contribution is -2.34. The first-order chi connectivity index (χ1) is 9.11. The predicted molar refractivity (Wildman–Crippen MR) is 75.9 cm³/mol. The Balaban J connectivity index is 2.89. The highest BCUT2D eigenvalue weighted by Crippen LogP contribution is 2.31. The van der Waals surface area contributed by atoms with E-state index >= 15 is 0 Å². The van der Waals surface area contributed by atoms with E-state index < -0.39 is 19.8 Å². The summed E-state index contributed by atoms with van der Waals surface area (Å²) in [6.45, 7) is 3.25. The van der Waals surface area contributed by atoms with Gasteiger partial charge in [-0.05, 0) is 35.8 Å². The van der Waals surface area contributed by atoms with Crippen LogP contribution in [-0.4, -0.2) is 27.0 Å². The van der Waals surface area contributed by atoms with Crippen molar-refractivity contribution in [2.75, 3.05) is 6.61 Å². The summed E-state index contributed by atoms with van der Waals surface area (Å²) in [5.41, 5.74) is 0. The summed E-state index contributed by atoms with van der Waals surface area (Å²) in [5.74, 6) is -1.42. The Labute approximate surface area is 129 Å². The van der Waals surface area contributed by atoms with Gasteiger partial charge in [-0.15, -0.1) is 0 Å². The smallest absolute Gasteiger partial charge is 0.264 e. The number of amides is 1. The molecule has 5 nitrogen and oxygen atoms in total. The van der Waals surface area contributed by atoms with E-state index in [-0.39, 0.29) is 28.8 Å². The Morgan fingerprint density at radius 2 is 2.10 bits per heavy atom. The second kappa shape index (κ2) is 6.73. The molecule has 112 valence electrons. The molecular formula is C11H12BrClFNO4S. The third-order valence-corrected chi connectivity index (χ3v) is 4.01. The zero-order valence-corrected chi connectivity index (χ0v) is 13.8. The average molecular weight is 389 g/mol. The minimum absolute atomic E-state index is 0.00507. The summed E-state index contributed by atoms with van der Waals surface area (Å²) in [6.07, 6.45) is 0. The second-order valence-corrected chi connectivity index (χ2v) is 7.55. The normalized spacial score (nSPS) is 11.5. The van der Waals surface area contributed by atoms with Gasteiger partial charge in [-0.25, -0.2) is 12.8 Å². The monoisotopic (exact) mass is 387 g/mol. The second-order valence-electron chi connectivity index (χ2n) is 4.16. The maximum absolute atomic E-state index is 13.6. The van der Waals surface area contributed by atoms with Crippen LogP contribution >= 0.6 is 26.6 Å². The van der Waals surface area contributed by atoms with Gasteiger partial charge in [-0.3, -0.25) is 4.79 Å². The quantitative estimate of drug-likeness (QED) is 0.786. The maximum Gasteiger partial charge on any atom is 0.264 e. The van der Waals surface area contributed by atoms with Crippen molar-refractivity contribution in [3.8, 4) is 5.75 Å². The van der Waals surface area contributed by atoms with E-state index in [0.717, 1.165) is 12.1 Å². The molecule has 0 saturated carbocycles. The van der Waals surface area contributed by atoms with Gasteiger partial charge in [0.05, 0.1) is 4.47 Å². The number of carbonyl (C=O) groups excluding carboxylic acids is 1. The summed E-state index contributed by atoms with van der Waals surface area (Å²) in [6, 6.07) is 1.78. The molecule has 0 atom stereocenters. The van der Waals surface area contributed by atoms with Crippen molar-refractivity contribution in [3.05, 3.63) is 22.4 Å². The highest BCUT2D eigenvalue weighted by atomic mass is 79.9. The van der Waals surface area contributed by atoms with E-state index in [2.05, 4.69) is 21.2 Å². The molecule has 0 unspecified atom stereocenters. The SMILES string of the molecule is CC(C)NC(=O)COc1cc(F)c(S(=O)(=O)Cl)cc1Br. The zero-order valence-electron chi connectivity index (χ0n) is 10.6. The first kappa shape index (κ1) is 17.2. The van der Waals surface area contributed by atoms with Crippen molar-refractivity contribution >= 4 is 41.6 Å². The lowest BCUT2D eigenvalue weighted by molar-refractivity contribution is -0.123. The van der Waals surface area contributed by atoms with Gasteiger partial charge in [-0.1, -0.05) is 0 Å². The fourth-order valence-electron chi connectivity index (χ4n) is 1.31. The van der Waals surface area contributed by atoms with Crippen LogP contribution < -0.4 is 10.1 Å². The number of benzene rings is 1. The minimum Gasteiger partial charge on any atom is -0.482 e. The number of nitrogens with one attached hydrogen (secondary N) is 1. The Hall–Kier alpha value is -0.860. The van der Waals surface area contributed by atoms with Gasteiger partial charge in [0.25, 0.3) is 15.0 Å². The summed E-state index contributed by atoms with van der Waals surface area (Å²) in [5, 5.41) is 2.59. The van der Waals surface area contributed by atoms with Crippen LogP contribution in [0.15, 0.2) is 21.5 Å². The topological polar surface area (TPSA) is 72.5 Å². The van der Waals surface area contributed by atoms with Crippen LogP contribution in [0.2, 0.25) is 0 Å². The maximum atomic E-state index is 13.6. The molecule has 0 bridgehead atoms. The molecule has 0 saturated heterocycles. The molecular weight excluding hydrogens is 377 g/mol. The number of halogens is 3. The lowest BCUT2D eigenvalue weighted by atomic mass is 10.3. The molecule has 1 aromatic carbocycles. The third kappa shape index (κ3) is 4.92.